The minimum Gasteiger partial charge on any atom is -0.460 e. The van der Waals surface area contributed by atoms with Crippen LogP contribution in [0.15, 0.2) is 30.3 Å². The Morgan fingerprint density at radius 3 is 2.67 bits per heavy atom. The summed E-state index contributed by atoms with van der Waals surface area (Å²) in [6.45, 7) is -1.13. The van der Waals surface area contributed by atoms with Gasteiger partial charge in [-0.1, -0.05) is 30.3 Å². The summed E-state index contributed by atoms with van der Waals surface area (Å²) in [7, 11) is 0. The smallest absolute Gasteiger partial charge is 0.337 e. The Balaban J connectivity index is 2.13. The molecule has 1 aliphatic rings. The molecular formula is C14H16F2O2. The van der Waals surface area contributed by atoms with Crippen molar-refractivity contribution in [2.24, 2.45) is 0 Å². The fraction of sp³-hybridized carbons (Fsp3) is 0.500. The lowest BCUT2D eigenvalue weighted by Crippen LogP contribution is -2.33. The zero-order chi connectivity index (χ0) is 13.0. The molecule has 98 valence electrons. The van der Waals surface area contributed by atoms with Crippen LogP contribution in [0.2, 0.25) is 0 Å². The van der Waals surface area contributed by atoms with Gasteiger partial charge in [-0.05, 0) is 24.8 Å². The number of carbonyl (C=O) groups is 1. The largest absolute Gasteiger partial charge is 0.460 e. The zero-order valence-electron chi connectivity index (χ0n) is 10.0. The summed E-state index contributed by atoms with van der Waals surface area (Å²) >= 11 is 0. The molecule has 2 nitrogen and oxygen atoms in total. The van der Waals surface area contributed by atoms with Gasteiger partial charge in [0.1, 0.15) is 12.3 Å². The van der Waals surface area contributed by atoms with Gasteiger partial charge in [0.25, 0.3) is 0 Å². The molecule has 1 fully saturated rings. The Morgan fingerprint density at radius 2 is 2.00 bits per heavy atom. The maximum absolute atomic E-state index is 13.5. The Labute approximate surface area is 105 Å². The van der Waals surface area contributed by atoms with Gasteiger partial charge >= 0.3 is 5.97 Å². The normalized spacial score (nSPS) is 27.8. The Bertz CT molecular complexity index is 394. The highest BCUT2D eigenvalue weighted by Gasteiger charge is 2.34. The van der Waals surface area contributed by atoms with Crippen molar-refractivity contribution in [3.63, 3.8) is 0 Å². The van der Waals surface area contributed by atoms with Crippen molar-refractivity contribution < 1.29 is 18.3 Å². The molecule has 0 saturated heterocycles. The van der Waals surface area contributed by atoms with Crippen LogP contribution in [0.5, 0.6) is 0 Å². The quantitative estimate of drug-likeness (QED) is 0.774. The summed E-state index contributed by atoms with van der Waals surface area (Å²) in [5.74, 6) is -1.04. The molecule has 1 aromatic rings. The highest BCUT2D eigenvalue weighted by atomic mass is 19.1. The molecule has 4 heteroatoms. The number of ether oxygens (including phenoxy) is 1. The molecule has 0 aromatic heterocycles. The van der Waals surface area contributed by atoms with E-state index in [9.17, 15) is 13.6 Å². The SMILES string of the molecule is O=C(CF)OC1CCC(F)CC1c1ccccc1. The first-order valence-corrected chi connectivity index (χ1v) is 6.15. The molecule has 1 aliphatic carbocycles. The highest BCUT2D eigenvalue weighted by molar-refractivity contribution is 5.70. The fourth-order valence-electron chi connectivity index (χ4n) is 2.48. The van der Waals surface area contributed by atoms with Gasteiger partial charge in [0.2, 0.25) is 0 Å². The van der Waals surface area contributed by atoms with Crippen LogP contribution >= 0.6 is 0 Å². The van der Waals surface area contributed by atoms with E-state index in [1.165, 1.54) is 0 Å². The summed E-state index contributed by atoms with van der Waals surface area (Å²) in [6, 6.07) is 9.39. The number of alkyl halides is 2. The van der Waals surface area contributed by atoms with Crippen LogP contribution in [0.1, 0.15) is 30.7 Å². The Hall–Kier alpha value is -1.45. The molecule has 2 rings (SSSR count). The molecule has 3 atom stereocenters. The molecule has 18 heavy (non-hydrogen) atoms. The molecule has 1 aromatic carbocycles. The van der Waals surface area contributed by atoms with Crippen molar-refractivity contribution in [1.82, 2.24) is 0 Å². The molecule has 0 aliphatic heterocycles. The van der Waals surface area contributed by atoms with E-state index in [0.717, 1.165) is 5.56 Å². The molecule has 0 bridgehead atoms. The van der Waals surface area contributed by atoms with Gasteiger partial charge in [0.05, 0.1) is 0 Å². The van der Waals surface area contributed by atoms with Crippen molar-refractivity contribution in [1.29, 1.82) is 0 Å². The summed E-state index contributed by atoms with van der Waals surface area (Å²) in [5, 5.41) is 0. The maximum atomic E-state index is 13.5. The number of hydrogen-bond acceptors (Lipinski definition) is 2. The van der Waals surface area contributed by atoms with Crippen LogP contribution in [0.4, 0.5) is 8.78 Å². The monoisotopic (exact) mass is 254 g/mol. The molecule has 0 amide bonds. The van der Waals surface area contributed by atoms with Crippen molar-refractivity contribution in [2.75, 3.05) is 6.67 Å². The Kier molecular flexibility index (Phi) is 4.28. The van der Waals surface area contributed by atoms with Crippen LogP contribution in [0.25, 0.3) is 0 Å². The number of carbonyl (C=O) groups excluding carboxylic acids is 1. The molecule has 0 spiro atoms. The van der Waals surface area contributed by atoms with E-state index in [1.54, 1.807) is 0 Å². The van der Waals surface area contributed by atoms with Gasteiger partial charge < -0.3 is 4.74 Å². The van der Waals surface area contributed by atoms with Crippen molar-refractivity contribution in [2.45, 2.75) is 37.5 Å². The molecular weight excluding hydrogens is 238 g/mol. The average molecular weight is 254 g/mol. The summed E-state index contributed by atoms with van der Waals surface area (Å²) in [5.41, 5.74) is 0.941. The second-order valence-corrected chi connectivity index (χ2v) is 4.59. The van der Waals surface area contributed by atoms with Crippen molar-refractivity contribution in [3.8, 4) is 0 Å². The van der Waals surface area contributed by atoms with E-state index in [1.807, 2.05) is 30.3 Å². The van der Waals surface area contributed by atoms with E-state index in [2.05, 4.69) is 0 Å². The molecule has 0 heterocycles. The fourth-order valence-corrected chi connectivity index (χ4v) is 2.48. The summed E-state index contributed by atoms with van der Waals surface area (Å²) in [6.07, 6.45) is -0.146. The number of hydrogen-bond donors (Lipinski definition) is 0. The van der Waals surface area contributed by atoms with E-state index in [-0.39, 0.29) is 5.92 Å². The minimum absolute atomic E-state index is 0.176. The van der Waals surface area contributed by atoms with Gasteiger partial charge in [0, 0.05) is 5.92 Å². The number of halogens is 2. The standard InChI is InChI=1S/C14H16F2O2/c15-9-14(17)18-13-7-6-11(16)8-12(13)10-4-2-1-3-5-10/h1-5,11-13H,6-9H2. The predicted molar refractivity (Wildman–Crippen MR) is 63.8 cm³/mol. The molecule has 1 saturated carbocycles. The van der Waals surface area contributed by atoms with E-state index >= 15 is 0 Å². The molecule has 3 unspecified atom stereocenters. The van der Waals surface area contributed by atoms with Gasteiger partial charge in [-0.3, -0.25) is 0 Å². The maximum Gasteiger partial charge on any atom is 0.337 e. The third-order valence-corrected chi connectivity index (χ3v) is 3.34. The van der Waals surface area contributed by atoms with Crippen LogP contribution in [0.3, 0.4) is 0 Å². The number of rotatable bonds is 3. The van der Waals surface area contributed by atoms with Crippen LogP contribution in [-0.4, -0.2) is 24.9 Å². The predicted octanol–water partition coefficient (Wildman–Crippen LogP) is 3.17. The summed E-state index contributed by atoms with van der Waals surface area (Å²) in [4.78, 5) is 11.0. The van der Waals surface area contributed by atoms with E-state index < -0.39 is 24.9 Å². The van der Waals surface area contributed by atoms with E-state index in [4.69, 9.17) is 4.74 Å². The lowest BCUT2D eigenvalue weighted by Gasteiger charge is -2.33. The third kappa shape index (κ3) is 3.06. The Morgan fingerprint density at radius 1 is 1.28 bits per heavy atom. The van der Waals surface area contributed by atoms with Gasteiger partial charge in [0.15, 0.2) is 6.67 Å². The van der Waals surface area contributed by atoms with Crippen molar-refractivity contribution in [3.05, 3.63) is 35.9 Å². The van der Waals surface area contributed by atoms with Gasteiger partial charge in [-0.15, -0.1) is 0 Å². The van der Waals surface area contributed by atoms with Crippen LogP contribution in [-0.2, 0) is 9.53 Å². The second kappa shape index (κ2) is 5.94. The average Bonchev–Trinajstić information content (AvgIpc) is 2.41. The molecule has 0 radical (unpaired) electrons. The first-order chi connectivity index (χ1) is 8.70. The second-order valence-electron chi connectivity index (χ2n) is 4.59. The third-order valence-electron chi connectivity index (χ3n) is 3.34. The first kappa shape index (κ1) is 13.0. The topological polar surface area (TPSA) is 26.3 Å². The number of benzene rings is 1. The minimum atomic E-state index is -1.13. The lowest BCUT2D eigenvalue weighted by atomic mass is 9.80. The van der Waals surface area contributed by atoms with E-state index in [0.29, 0.717) is 19.3 Å². The van der Waals surface area contributed by atoms with Gasteiger partial charge in [-0.2, -0.15) is 0 Å². The highest BCUT2D eigenvalue weighted by Crippen LogP contribution is 2.36. The molecule has 0 N–H and O–H groups in total. The van der Waals surface area contributed by atoms with Crippen molar-refractivity contribution >= 4 is 5.97 Å². The number of esters is 1. The zero-order valence-corrected chi connectivity index (χ0v) is 10.0. The van der Waals surface area contributed by atoms with Crippen LogP contribution in [0, 0.1) is 0 Å². The lowest BCUT2D eigenvalue weighted by molar-refractivity contribution is -0.153. The summed E-state index contributed by atoms with van der Waals surface area (Å²) < 4.78 is 30.8. The van der Waals surface area contributed by atoms with Crippen LogP contribution < -0.4 is 0 Å². The van der Waals surface area contributed by atoms with Gasteiger partial charge in [-0.25, -0.2) is 13.6 Å². The first-order valence-electron chi connectivity index (χ1n) is 6.15.